The van der Waals surface area contributed by atoms with E-state index in [9.17, 15) is 9.59 Å². The first-order valence-corrected chi connectivity index (χ1v) is 5.54. The van der Waals surface area contributed by atoms with E-state index in [1.54, 1.807) is 0 Å². The van der Waals surface area contributed by atoms with Gasteiger partial charge in [0.1, 0.15) is 5.69 Å². The molecular weight excluding hydrogens is 232 g/mol. The number of carboxylic acids is 1. The summed E-state index contributed by atoms with van der Waals surface area (Å²) in [4.78, 5) is 28.1. The molecule has 0 bridgehead atoms. The predicted octanol–water partition coefficient (Wildman–Crippen LogP) is 1.70. The zero-order chi connectivity index (χ0) is 13.1. The highest BCUT2D eigenvalue weighted by Crippen LogP contribution is 2.17. The van der Waals surface area contributed by atoms with Gasteiger partial charge in [0, 0.05) is 5.56 Å². The fourth-order valence-electron chi connectivity index (χ4n) is 1.63. The molecule has 5 nitrogen and oxygen atoms in total. The van der Waals surface area contributed by atoms with Gasteiger partial charge in [0.25, 0.3) is 0 Å². The van der Waals surface area contributed by atoms with Crippen LogP contribution in [0.3, 0.4) is 0 Å². The van der Waals surface area contributed by atoms with E-state index in [2.05, 4.69) is 9.97 Å². The molecule has 5 heteroatoms. The van der Waals surface area contributed by atoms with E-state index in [1.807, 2.05) is 31.2 Å². The number of hydrogen-bond acceptors (Lipinski definition) is 3. The van der Waals surface area contributed by atoms with Gasteiger partial charge in [0.05, 0.1) is 5.69 Å². The van der Waals surface area contributed by atoms with Gasteiger partial charge in [0.2, 0.25) is 0 Å². The van der Waals surface area contributed by atoms with Crippen LogP contribution in [0.2, 0.25) is 0 Å². The van der Waals surface area contributed by atoms with Crippen LogP contribution in [0.5, 0.6) is 0 Å². The SMILES string of the molecule is CCc1ccc(-c2cc(C(=O)O)[nH]c(=O)n2)cc1. The first kappa shape index (κ1) is 12.0. The number of aromatic carboxylic acids is 1. The van der Waals surface area contributed by atoms with Crippen LogP contribution in [0.1, 0.15) is 23.0 Å². The summed E-state index contributed by atoms with van der Waals surface area (Å²) in [5, 5.41) is 8.86. The lowest BCUT2D eigenvalue weighted by Gasteiger charge is -2.03. The Labute approximate surface area is 103 Å². The third kappa shape index (κ3) is 2.45. The highest BCUT2D eigenvalue weighted by atomic mass is 16.4. The predicted molar refractivity (Wildman–Crippen MR) is 66.6 cm³/mol. The minimum Gasteiger partial charge on any atom is -0.477 e. The Balaban J connectivity index is 2.49. The minimum atomic E-state index is -1.18. The van der Waals surface area contributed by atoms with Crippen LogP contribution in [0.15, 0.2) is 35.1 Å². The van der Waals surface area contributed by atoms with Crippen molar-refractivity contribution in [2.24, 2.45) is 0 Å². The van der Waals surface area contributed by atoms with Crippen molar-refractivity contribution in [2.45, 2.75) is 13.3 Å². The smallest absolute Gasteiger partial charge is 0.352 e. The quantitative estimate of drug-likeness (QED) is 0.860. The topological polar surface area (TPSA) is 83.0 Å². The number of carboxylic acid groups (broad SMARTS) is 1. The monoisotopic (exact) mass is 244 g/mol. The molecule has 1 aromatic heterocycles. The molecule has 0 unspecified atom stereocenters. The van der Waals surface area contributed by atoms with Crippen LogP contribution >= 0.6 is 0 Å². The van der Waals surface area contributed by atoms with Crippen LogP contribution in [0.25, 0.3) is 11.3 Å². The molecule has 18 heavy (non-hydrogen) atoms. The second-order valence-corrected chi connectivity index (χ2v) is 3.84. The van der Waals surface area contributed by atoms with E-state index in [0.29, 0.717) is 5.69 Å². The van der Waals surface area contributed by atoms with E-state index < -0.39 is 11.7 Å². The Bertz CT molecular complexity index is 629. The molecule has 0 atom stereocenters. The number of aromatic amines is 1. The first-order chi connectivity index (χ1) is 8.60. The van der Waals surface area contributed by atoms with Crippen molar-refractivity contribution in [3.05, 3.63) is 52.1 Å². The third-order valence-electron chi connectivity index (χ3n) is 2.63. The van der Waals surface area contributed by atoms with E-state index in [4.69, 9.17) is 5.11 Å². The first-order valence-electron chi connectivity index (χ1n) is 5.54. The van der Waals surface area contributed by atoms with Crippen molar-refractivity contribution in [3.63, 3.8) is 0 Å². The average molecular weight is 244 g/mol. The molecule has 92 valence electrons. The molecule has 0 saturated carbocycles. The summed E-state index contributed by atoms with van der Waals surface area (Å²) >= 11 is 0. The molecule has 0 aliphatic carbocycles. The van der Waals surface area contributed by atoms with Crippen LogP contribution in [-0.4, -0.2) is 21.0 Å². The second kappa shape index (κ2) is 4.83. The number of benzene rings is 1. The van der Waals surface area contributed by atoms with Gasteiger partial charge in [-0.05, 0) is 18.1 Å². The van der Waals surface area contributed by atoms with Crippen molar-refractivity contribution in [1.82, 2.24) is 9.97 Å². The van der Waals surface area contributed by atoms with Crippen molar-refractivity contribution >= 4 is 5.97 Å². The van der Waals surface area contributed by atoms with Gasteiger partial charge in [-0.2, -0.15) is 4.98 Å². The Morgan fingerprint density at radius 2 is 2.00 bits per heavy atom. The zero-order valence-electron chi connectivity index (χ0n) is 9.80. The zero-order valence-corrected chi connectivity index (χ0v) is 9.80. The summed E-state index contributed by atoms with van der Waals surface area (Å²) in [6.07, 6.45) is 0.920. The molecule has 0 saturated heterocycles. The summed E-state index contributed by atoms with van der Waals surface area (Å²) in [6, 6.07) is 8.86. The Morgan fingerprint density at radius 3 is 2.56 bits per heavy atom. The third-order valence-corrected chi connectivity index (χ3v) is 2.63. The number of aromatic nitrogens is 2. The normalized spacial score (nSPS) is 10.3. The standard InChI is InChI=1S/C13H12N2O3/c1-2-8-3-5-9(6-4-8)10-7-11(12(16)17)15-13(18)14-10/h3-7H,2H2,1H3,(H,16,17)(H,14,15,18). The average Bonchev–Trinajstić information content (AvgIpc) is 2.38. The largest absolute Gasteiger partial charge is 0.477 e. The lowest BCUT2D eigenvalue weighted by Crippen LogP contribution is -2.16. The Morgan fingerprint density at radius 1 is 1.33 bits per heavy atom. The summed E-state index contributed by atoms with van der Waals surface area (Å²) in [5.41, 5.74) is 1.43. The number of rotatable bonds is 3. The highest BCUT2D eigenvalue weighted by Gasteiger charge is 2.08. The number of carbonyl (C=O) groups is 1. The van der Waals surface area contributed by atoms with Crippen molar-refractivity contribution in [2.75, 3.05) is 0 Å². The fourth-order valence-corrected chi connectivity index (χ4v) is 1.63. The number of H-pyrrole nitrogens is 1. The van der Waals surface area contributed by atoms with Gasteiger partial charge in [-0.1, -0.05) is 31.2 Å². The molecule has 0 fully saturated rings. The van der Waals surface area contributed by atoms with Gasteiger partial charge in [-0.25, -0.2) is 9.59 Å². The molecule has 0 aliphatic heterocycles. The van der Waals surface area contributed by atoms with E-state index in [0.717, 1.165) is 12.0 Å². The molecule has 0 radical (unpaired) electrons. The van der Waals surface area contributed by atoms with Crippen molar-refractivity contribution in [1.29, 1.82) is 0 Å². The molecule has 0 amide bonds. The number of aryl methyl sites for hydroxylation is 1. The summed E-state index contributed by atoms with van der Waals surface area (Å²) in [7, 11) is 0. The second-order valence-electron chi connectivity index (χ2n) is 3.84. The van der Waals surface area contributed by atoms with Crippen LogP contribution in [-0.2, 0) is 6.42 Å². The molecule has 1 aromatic carbocycles. The maximum Gasteiger partial charge on any atom is 0.352 e. The number of hydrogen-bond donors (Lipinski definition) is 2. The van der Waals surface area contributed by atoms with E-state index >= 15 is 0 Å². The summed E-state index contributed by atoms with van der Waals surface area (Å²) in [5.74, 6) is -1.18. The summed E-state index contributed by atoms with van der Waals surface area (Å²) in [6.45, 7) is 2.04. The van der Waals surface area contributed by atoms with Gasteiger partial charge in [-0.15, -0.1) is 0 Å². The van der Waals surface area contributed by atoms with Gasteiger partial charge in [-0.3, -0.25) is 4.98 Å². The number of nitrogens with one attached hydrogen (secondary N) is 1. The van der Waals surface area contributed by atoms with Crippen LogP contribution < -0.4 is 5.69 Å². The molecule has 2 aromatic rings. The molecule has 2 rings (SSSR count). The van der Waals surface area contributed by atoms with Gasteiger partial charge >= 0.3 is 11.7 Å². The molecule has 1 heterocycles. The molecule has 0 aliphatic rings. The minimum absolute atomic E-state index is 0.162. The highest BCUT2D eigenvalue weighted by molar-refractivity contribution is 5.86. The van der Waals surface area contributed by atoms with Crippen LogP contribution in [0, 0.1) is 0 Å². The maximum absolute atomic E-state index is 11.3. The van der Waals surface area contributed by atoms with Gasteiger partial charge in [0.15, 0.2) is 0 Å². The van der Waals surface area contributed by atoms with Crippen molar-refractivity contribution < 1.29 is 9.90 Å². The molecule has 2 N–H and O–H groups in total. The molecular formula is C13H12N2O3. The Kier molecular flexibility index (Phi) is 3.23. The lowest BCUT2D eigenvalue weighted by molar-refractivity contribution is 0.0690. The van der Waals surface area contributed by atoms with Crippen LogP contribution in [0.4, 0.5) is 0 Å². The van der Waals surface area contributed by atoms with Gasteiger partial charge < -0.3 is 5.11 Å². The van der Waals surface area contributed by atoms with E-state index in [1.165, 1.54) is 11.6 Å². The lowest BCUT2D eigenvalue weighted by atomic mass is 10.1. The Hall–Kier alpha value is -2.43. The fraction of sp³-hybridized carbons (Fsp3) is 0.154. The molecule has 0 spiro atoms. The number of nitrogens with zero attached hydrogens (tertiary/aromatic N) is 1. The summed E-state index contributed by atoms with van der Waals surface area (Å²) < 4.78 is 0. The van der Waals surface area contributed by atoms with Crippen molar-refractivity contribution in [3.8, 4) is 11.3 Å². The van der Waals surface area contributed by atoms with E-state index in [-0.39, 0.29) is 5.69 Å². The maximum atomic E-state index is 11.3.